The van der Waals surface area contributed by atoms with Gasteiger partial charge in [0.1, 0.15) is 0 Å². The summed E-state index contributed by atoms with van der Waals surface area (Å²) in [6.45, 7) is 8.96. The van der Waals surface area contributed by atoms with Crippen molar-refractivity contribution in [1.82, 2.24) is 9.80 Å². The topological polar surface area (TPSA) is 44.9 Å². The van der Waals surface area contributed by atoms with E-state index in [9.17, 15) is 0 Å². The van der Waals surface area contributed by atoms with Crippen molar-refractivity contribution in [3.05, 3.63) is 24.0 Å². The highest BCUT2D eigenvalue weighted by atomic mass is 15.3. The number of aliphatic imine (C=N–C) groups is 1. The molecule has 0 bridgehead atoms. The lowest BCUT2D eigenvalue weighted by Crippen LogP contribution is -2.44. The highest BCUT2D eigenvalue weighted by Crippen LogP contribution is 2.13. The van der Waals surface area contributed by atoms with Gasteiger partial charge >= 0.3 is 0 Å². The largest absolute Gasteiger partial charge is 0.400 e. The number of rotatable bonds is 2. The van der Waals surface area contributed by atoms with E-state index in [-0.39, 0.29) is 0 Å². The van der Waals surface area contributed by atoms with Crippen molar-refractivity contribution in [2.24, 2.45) is 10.7 Å². The Hall–Kier alpha value is -1.29. The predicted octanol–water partition coefficient (Wildman–Crippen LogP) is 0.0447. The van der Waals surface area contributed by atoms with Gasteiger partial charge in [-0.25, -0.2) is 0 Å². The van der Waals surface area contributed by atoms with Gasteiger partial charge in [0.15, 0.2) is 0 Å². The van der Waals surface area contributed by atoms with Crippen molar-refractivity contribution < 1.29 is 0 Å². The minimum atomic E-state index is 0.627. The fourth-order valence-electron chi connectivity index (χ4n) is 1.86. The quantitative estimate of drug-likeness (QED) is 0.694. The van der Waals surface area contributed by atoms with Crippen LogP contribution in [0.5, 0.6) is 0 Å². The number of likely N-dealkylation sites (N-methyl/N-ethyl adjacent to an activating group) is 1. The molecular weight excluding hydrogens is 188 g/mol. The Bertz CT molecular complexity index is 321. The summed E-state index contributed by atoms with van der Waals surface area (Å²) >= 11 is 0. The van der Waals surface area contributed by atoms with Crippen LogP contribution in [0.4, 0.5) is 0 Å². The van der Waals surface area contributed by atoms with Crippen molar-refractivity contribution >= 4 is 5.71 Å². The summed E-state index contributed by atoms with van der Waals surface area (Å²) in [5.41, 5.74) is 8.50. The average molecular weight is 206 g/mol. The van der Waals surface area contributed by atoms with Gasteiger partial charge < -0.3 is 15.5 Å². The van der Waals surface area contributed by atoms with E-state index in [1.165, 1.54) is 0 Å². The first kappa shape index (κ1) is 10.2. The maximum atomic E-state index is 5.69. The van der Waals surface area contributed by atoms with Crippen LogP contribution in [0.15, 0.2) is 29.0 Å². The van der Waals surface area contributed by atoms with E-state index in [0.717, 1.165) is 43.3 Å². The van der Waals surface area contributed by atoms with E-state index in [1.807, 2.05) is 6.08 Å². The van der Waals surface area contributed by atoms with Crippen LogP contribution in [0.3, 0.4) is 0 Å². The monoisotopic (exact) mass is 206 g/mol. The number of nitrogens with two attached hydrogens (primary N) is 1. The van der Waals surface area contributed by atoms with Crippen LogP contribution in [0, 0.1) is 0 Å². The minimum absolute atomic E-state index is 0.627. The molecule has 0 aromatic rings. The van der Waals surface area contributed by atoms with Gasteiger partial charge in [0.25, 0.3) is 0 Å². The van der Waals surface area contributed by atoms with Crippen molar-refractivity contribution in [2.45, 2.75) is 0 Å². The molecule has 15 heavy (non-hydrogen) atoms. The minimum Gasteiger partial charge on any atom is -0.400 e. The van der Waals surface area contributed by atoms with Gasteiger partial charge in [0.2, 0.25) is 0 Å². The molecular formula is C11H18N4. The number of hydrogen-bond acceptors (Lipinski definition) is 4. The molecule has 0 amide bonds. The van der Waals surface area contributed by atoms with Crippen molar-refractivity contribution in [3.8, 4) is 0 Å². The number of allylic oxidation sites excluding steroid dienone is 1. The van der Waals surface area contributed by atoms with Crippen molar-refractivity contribution in [3.63, 3.8) is 0 Å². The Labute approximate surface area is 90.8 Å². The molecule has 0 aromatic carbocycles. The summed E-state index contributed by atoms with van der Waals surface area (Å²) < 4.78 is 0. The Morgan fingerprint density at radius 3 is 2.60 bits per heavy atom. The van der Waals surface area contributed by atoms with E-state index >= 15 is 0 Å². The first-order valence-corrected chi connectivity index (χ1v) is 5.30. The summed E-state index contributed by atoms with van der Waals surface area (Å²) in [7, 11) is 2.14. The highest BCUT2D eigenvalue weighted by molar-refractivity contribution is 6.09. The van der Waals surface area contributed by atoms with Gasteiger partial charge in [0.05, 0.1) is 18.0 Å². The maximum absolute atomic E-state index is 5.69. The van der Waals surface area contributed by atoms with Gasteiger partial charge in [-0.05, 0) is 13.1 Å². The Morgan fingerprint density at radius 1 is 1.40 bits per heavy atom. The second-order valence-electron chi connectivity index (χ2n) is 4.16. The third-order valence-electron chi connectivity index (χ3n) is 2.93. The van der Waals surface area contributed by atoms with Gasteiger partial charge in [-0.15, -0.1) is 0 Å². The molecule has 2 heterocycles. The van der Waals surface area contributed by atoms with Crippen LogP contribution in [-0.2, 0) is 0 Å². The van der Waals surface area contributed by atoms with E-state index in [2.05, 4.69) is 28.4 Å². The lowest BCUT2D eigenvalue weighted by molar-refractivity contribution is 0.193. The third kappa shape index (κ3) is 2.21. The van der Waals surface area contributed by atoms with Gasteiger partial charge in [0, 0.05) is 31.9 Å². The molecule has 82 valence electrons. The SMILES string of the molecule is C=C(C1=NCC(N)=C1)N1CCN(C)CC1. The molecule has 4 nitrogen and oxygen atoms in total. The van der Waals surface area contributed by atoms with Gasteiger partial charge in [-0.2, -0.15) is 0 Å². The smallest absolute Gasteiger partial charge is 0.0824 e. The maximum Gasteiger partial charge on any atom is 0.0824 e. The molecule has 0 atom stereocenters. The van der Waals surface area contributed by atoms with Crippen molar-refractivity contribution in [2.75, 3.05) is 39.8 Å². The molecule has 0 aromatic heterocycles. The molecule has 0 spiro atoms. The molecule has 2 N–H and O–H groups in total. The molecule has 2 aliphatic rings. The van der Waals surface area contributed by atoms with E-state index in [0.29, 0.717) is 6.54 Å². The lowest BCUT2D eigenvalue weighted by Gasteiger charge is -2.34. The van der Waals surface area contributed by atoms with Gasteiger partial charge in [-0.1, -0.05) is 6.58 Å². The molecule has 2 rings (SSSR count). The van der Waals surface area contributed by atoms with E-state index in [1.54, 1.807) is 0 Å². The summed E-state index contributed by atoms with van der Waals surface area (Å²) in [4.78, 5) is 8.96. The summed E-state index contributed by atoms with van der Waals surface area (Å²) in [6.07, 6.45) is 1.93. The van der Waals surface area contributed by atoms with E-state index < -0.39 is 0 Å². The van der Waals surface area contributed by atoms with Crippen LogP contribution in [0.1, 0.15) is 0 Å². The van der Waals surface area contributed by atoms with Crippen molar-refractivity contribution in [1.29, 1.82) is 0 Å². The number of nitrogens with zero attached hydrogens (tertiary/aromatic N) is 3. The molecule has 0 unspecified atom stereocenters. The Morgan fingerprint density at radius 2 is 2.07 bits per heavy atom. The Balaban J connectivity index is 1.97. The molecule has 0 radical (unpaired) electrons. The molecule has 1 fully saturated rings. The van der Waals surface area contributed by atoms with Crippen LogP contribution in [0.2, 0.25) is 0 Å². The molecule has 0 saturated carbocycles. The van der Waals surface area contributed by atoms with E-state index in [4.69, 9.17) is 5.73 Å². The average Bonchev–Trinajstić information content (AvgIpc) is 2.65. The van der Waals surface area contributed by atoms with Crippen LogP contribution in [0.25, 0.3) is 0 Å². The normalized spacial score (nSPS) is 22.6. The summed E-state index contributed by atoms with van der Waals surface area (Å²) in [5.74, 6) is 0. The number of piperazine rings is 1. The second kappa shape index (κ2) is 4.06. The fraction of sp³-hybridized carbons (Fsp3) is 0.545. The van der Waals surface area contributed by atoms with Crippen LogP contribution < -0.4 is 5.73 Å². The molecule has 4 heteroatoms. The lowest BCUT2D eigenvalue weighted by atomic mass is 10.2. The first-order chi connectivity index (χ1) is 7.16. The predicted molar refractivity (Wildman–Crippen MR) is 62.8 cm³/mol. The highest BCUT2D eigenvalue weighted by Gasteiger charge is 2.19. The zero-order valence-corrected chi connectivity index (χ0v) is 9.24. The molecule has 1 saturated heterocycles. The molecule has 2 aliphatic heterocycles. The van der Waals surface area contributed by atoms with Crippen LogP contribution in [-0.4, -0.2) is 55.3 Å². The zero-order chi connectivity index (χ0) is 10.8. The number of hydrogen-bond donors (Lipinski definition) is 1. The Kier molecular flexibility index (Phi) is 2.77. The third-order valence-corrected chi connectivity index (χ3v) is 2.93. The molecule has 0 aliphatic carbocycles. The zero-order valence-electron chi connectivity index (χ0n) is 9.24. The summed E-state index contributed by atoms with van der Waals surface area (Å²) in [6, 6.07) is 0. The standard InChI is InChI=1S/C11H18N4/c1-9(11-7-10(12)8-13-11)15-5-3-14(2)4-6-15/h7H,1,3-6,8,12H2,2H3. The second-order valence-corrected chi connectivity index (χ2v) is 4.16. The first-order valence-electron chi connectivity index (χ1n) is 5.30. The van der Waals surface area contributed by atoms with Crippen LogP contribution >= 0.6 is 0 Å². The summed E-state index contributed by atoms with van der Waals surface area (Å²) in [5, 5.41) is 0. The fourth-order valence-corrected chi connectivity index (χ4v) is 1.86. The van der Waals surface area contributed by atoms with Gasteiger partial charge in [-0.3, -0.25) is 4.99 Å².